The zero-order valence-corrected chi connectivity index (χ0v) is 14.1. The van der Waals surface area contributed by atoms with Crippen molar-refractivity contribution in [2.75, 3.05) is 5.75 Å². The van der Waals surface area contributed by atoms with Crippen molar-refractivity contribution in [1.82, 2.24) is 0 Å². The lowest BCUT2D eigenvalue weighted by Gasteiger charge is -2.12. The van der Waals surface area contributed by atoms with E-state index in [2.05, 4.69) is 36.6 Å². The molecule has 0 atom stereocenters. The zero-order chi connectivity index (χ0) is 16.5. The average molecular weight is 327 g/mol. The molecular formula is C19H21NO2S. The number of phenolic OH excluding ortho intramolecular Hbond substituents is 1. The maximum absolute atomic E-state index is 9.95. The van der Waals surface area contributed by atoms with Crippen LogP contribution in [0, 0.1) is 10.7 Å². The highest BCUT2D eigenvalue weighted by atomic mass is 32.2. The molecule has 0 unspecified atom stereocenters. The molecule has 2 aromatic carbocycles. The van der Waals surface area contributed by atoms with Crippen molar-refractivity contribution < 1.29 is 9.84 Å². The normalized spacial score (nSPS) is 10.3. The van der Waals surface area contributed by atoms with Gasteiger partial charge in [-0.25, -0.2) is 0 Å². The van der Waals surface area contributed by atoms with Crippen LogP contribution >= 0.6 is 11.8 Å². The number of ether oxygens (including phenoxy) is 1. The first-order valence-corrected chi connectivity index (χ1v) is 8.75. The van der Waals surface area contributed by atoms with Crippen molar-refractivity contribution in [2.24, 2.45) is 0 Å². The van der Waals surface area contributed by atoms with Gasteiger partial charge in [-0.2, -0.15) is 5.26 Å². The maximum Gasteiger partial charge on any atom is 0.133 e. The number of nitriles is 1. The number of aryl methyl sites for hydroxylation is 1. The maximum atomic E-state index is 9.95. The lowest BCUT2D eigenvalue weighted by molar-refractivity contribution is 0.300. The lowest BCUT2D eigenvalue weighted by Crippen LogP contribution is -1.99. The van der Waals surface area contributed by atoms with Gasteiger partial charge in [0.2, 0.25) is 0 Å². The Kier molecular flexibility index (Phi) is 6.83. The van der Waals surface area contributed by atoms with Crippen molar-refractivity contribution in [3.63, 3.8) is 0 Å². The third-order valence-electron chi connectivity index (χ3n) is 3.58. The second kappa shape index (κ2) is 9.12. The van der Waals surface area contributed by atoms with E-state index in [0.29, 0.717) is 12.4 Å². The van der Waals surface area contributed by atoms with Crippen LogP contribution < -0.4 is 4.74 Å². The molecule has 0 aliphatic carbocycles. The Hall–Kier alpha value is -2.12. The van der Waals surface area contributed by atoms with Crippen LogP contribution in [0.4, 0.5) is 0 Å². The van der Waals surface area contributed by atoms with Gasteiger partial charge in [0.1, 0.15) is 23.5 Å². The molecule has 4 heteroatoms. The van der Waals surface area contributed by atoms with Crippen LogP contribution in [0.15, 0.2) is 42.5 Å². The Morgan fingerprint density at radius 2 is 1.83 bits per heavy atom. The van der Waals surface area contributed by atoms with E-state index in [0.717, 1.165) is 41.9 Å². The molecule has 2 rings (SSSR count). The van der Waals surface area contributed by atoms with Crippen molar-refractivity contribution in [3.8, 4) is 16.9 Å². The number of hydrogen-bond acceptors (Lipinski definition) is 4. The van der Waals surface area contributed by atoms with Crippen LogP contribution in [-0.4, -0.2) is 10.9 Å². The number of thioether (sulfide) groups is 1. The second-order valence-electron chi connectivity index (χ2n) is 5.30. The molecule has 0 fully saturated rings. The van der Waals surface area contributed by atoms with Crippen molar-refractivity contribution in [1.29, 1.82) is 5.26 Å². The smallest absolute Gasteiger partial charge is 0.133 e. The molecule has 0 heterocycles. The first-order chi connectivity index (χ1) is 11.2. The summed E-state index contributed by atoms with van der Waals surface area (Å²) in [5.74, 6) is 1.87. The third-order valence-corrected chi connectivity index (χ3v) is 4.12. The molecule has 0 radical (unpaired) electrons. The SMILES string of the molecule is CCCc1c(O)cccc1OCc1ccc(CCSC#N)cc1. The summed E-state index contributed by atoms with van der Waals surface area (Å²) in [6.45, 7) is 2.56. The van der Waals surface area contributed by atoms with Gasteiger partial charge < -0.3 is 9.84 Å². The molecule has 0 amide bonds. The summed E-state index contributed by atoms with van der Waals surface area (Å²) < 4.78 is 5.89. The minimum absolute atomic E-state index is 0.301. The third kappa shape index (κ3) is 5.22. The fourth-order valence-corrected chi connectivity index (χ4v) is 2.80. The van der Waals surface area contributed by atoms with Gasteiger partial charge in [-0.05, 0) is 47.9 Å². The molecule has 0 aromatic heterocycles. The van der Waals surface area contributed by atoms with E-state index in [1.807, 2.05) is 6.07 Å². The van der Waals surface area contributed by atoms with Crippen LogP contribution in [-0.2, 0) is 19.4 Å². The van der Waals surface area contributed by atoms with Crippen LogP contribution in [0.5, 0.6) is 11.5 Å². The van der Waals surface area contributed by atoms with Crippen LogP contribution in [0.25, 0.3) is 0 Å². The zero-order valence-electron chi connectivity index (χ0n) is 13.3. The number of phenols is 1. The highest BCUT2D eigenvalue weighted by Gasteiger charge is 2.08. The van der Waals surface area contributed by atoms with Gasteiger partial charge in [-0.3, -0.25) is 0 Å². The Bertz CT molecular complexity index is 662. The van der Waals surface area contributed by atoms with Crippen molar-refractivity contribution >= 4 is 11.8 Å². The Balaban J connectivity index is 1.96. The summed E-state index contributed by atoms with van der Waals surface area (Å²) in [4.78, 5) is 0. The van der Waals surface area contributed by atoms with Gasteiger partial charge in [0.15, 0.2) is 0 Å². The summed E-state index contributed by atoms with van der Waals surface area (Å²) in [5, 5.41) is 20.6. The summed E-state index contributed by atoms with van der Waals surface area (Å²) >= 11 is 1.28. The molecule has 0 spiro atoms. The van der Waals surface area contributed by atoms with Gasteiger partial charge in [0.25, 0.3) is 0 Å². The quantitative estimate of drug-likeness (QED) is 0.565. The summed E-state index contributed by atoms with van der Waals surface area (Å²) in [6.07, 6.45) is 2.66. The molecule has 2 aromatic rings. The Labute approximate surface area is 141 Å². The molecule has 0 aliphatic heterocycles. The molecule has 0 aliphatic rings. The van der Waals surface area contributed by atoms with Gasteiger partial charge >= 0.3 is 0 Å². The van der Waals surface area contributed by atoms with Gasteiger partial charge in [0, 0.05) is 11.3 Å². The summed E-state index contributed by atoms with van der Waals surface area (Å²) in [5.41, 5.74) is 3.19. The summed E-state index contributed by atoms with van der Waals surface area (Å²) in [6, 6.07) is 13.7. The Morgan fingerprint density at radius 3 is 2.52 bits per heavy atom. The minimum Gasteiger partial charge on any atom is -0.508 e. The highest BCUT2D eigenvalue weighted by Crippen LogP contribution is 2.29. The minimum atomic E-state index is 0.301. The predicted octanol–water partition coefficient (Wildman–Crippen LogP) is 4.68. The van der Waals surface area contributed by atoms with Crippen LogP contribution in [0.1, 0.15) is 30.0 Å². The fraction of sp³-hybridized carbons (Fsp3) is 0.316. The first-order valence-electron chi connectivity index (χ1n) is 7.77. The molecular weight excluding hydrogens is 306 g/mol. The van der Waals surface area contributed by atoms with E-state index in [1.165, 1.54) is 17.3 Å². The fourth-order valence-electron chi connectivity index (χ4n) is 2.37. The first kappa shape index (κ1) is 17.2. The standard InChI is InChI=1S/C19H21NO2S/c1-2-4-17-18(21)5-3-6-19(17)22-13-16-9-7-15(8-10-16)11-12-23-14-20/h3,5-10,21H,2,4,11-13H2,1H3. The summed E-state index contributed by atoms with van der Waals surface area (Å²) in [7, 11) is 0. The van der Waals surface area contributed by atoms with E-state index < -0.39 is 0 Å². The highest BCUT2D eigenvalue weighted by molar-refractivity contribution is 8.03. The van der Waals surface area contributed by atoms with E-state index in [9.17, 15) is 5.11 Å². The number of hydrogen-bond donors (Lipinski definition) is 1. The van der Waals surface area contributed by atoms with Crippen LogP contribution in [0.3, 0.4) is 0 Å². The van der Waals surface area contributed by atoms with Crippen molar-refractivity contribution in [2.45, 2.75) is 32.8 Å². The number of benzene rings is 2. The van der Waals surface area contributed by atoms with Crippen molar-refractivity contribution in [3.05, 3.63) is 59.2 Å². The predicted molar refractivity (Wildman–Crippen MR) is 94.7 cm³/mol. The topological polar surface area (TPSA) is 53.2 Å². The molecule has 120 valence electrons. The molecule has 23 heavy (non-hydrogen) atoms. The van der Waals surface area contributed by atoms with Gasteiger partial charge in [0.05, 0.1) is 0 Å². The molecule has 1 N–H and O–H groups in total. The average Bonchev–Trinajstić information content (AvgIpc) is 2.57. The van der Waals surface area contributed by atoms with E-state index in [1.54, 1.807) is 12.1 Å². The van der Waals surface area contributed by atoms with Gasteiger partial charge in [-0.1, -0.05) is 43.7 Å². The van der Waals surface area contributed by atoms with E-state index in [-0.39, 0.29) is 0 Å². The van der Waals surface area contributed by atoms with Crippen LogP contribution in [0.2, 0.25) is 0 Å². The number of rotatable bonds is 8. The second-order valence-corrected chi connectivity index (χ2v) is 6.18. The number of thiocyanates is 1. The molecule has 0 saturated carbocycles. The number of aromatic hydroxyl groups is 1. The monoisotopic (exact) mass is 327 g/mol. The largest absolute Gasteiger partial charge is 0.508 e. The van der Waals surface area contributed by atoms with E-state index in [4.69, 9.17) is 10.00 Å². The van der Waals surface area contributed by atoms with Gasteiger partial charge in [-0.15, -0.1) is 0 Å². The Morgan fingerprint density at radius 1 is 1.09 bits per heavy atom. The molecule has 0 bridgehead atoms. The number of nitrogens with zero attached hydrogens (tertiary/aromatic N) is 1. The van der Waals surface area contributed by atoms with E-state index >= 15 is 0 Å². The molecule has 3 nitrogen and oxygen atoms in total. The molecule has 0 saturated heterocycles. The lowest BCUT2D eigenvalue weighted by atomic mass is 10.1.